The van der Waals surface area contributed by atoms with E-state index in [4.69, 9.17) is 4.74 Å². The number of hydrogen-bond donors (Lipinski definition) is 1. The van der Waals surface area contributed by atoms with E-state index < -0.39 is 0 Å². The summed E-state index contributed by atoms with van der Waals surface area (Å²) in [6.45, 7) is 4.75. The smallest absolute Gasteiger partial charge is 0.248 e. The van der Waals surface area contributed by atoms with Crippen molar-refractivity contribution in [3.8, 4) is 0 Å². The molecule has 1 saturated heterocycles. The number of H-pyrrole nitrogens is 1. The Kier molecular flexibility index (Phi) is 5.83. The zero-order chi connectivity index (χ0) is 16.8. The second kappa shape index (κ2) is 8.27. The van der Waals surface area contributed by atoms with E-state index in [-0.39, 0.29) is 11.7 Å². The topological polar surface area (TPSA) is 45.3 Å². The number of hydrogen-bond acceptors (Lipinski definition) is 3. The van der Waals surface area contributed by atoms with Crippen LogP contribution in [0.15, 0.2) is 53.5 Å². The van der Waals surface area contributed by atoms with Crippen LogP contribution in [-0.4, -0.2) is 35.2 Å². The quantitative estimate of drug-likeness (QED) is 0.851. The largest absolute Gasteiger partial charge is 0.377 e. The summed E-state index contributed by atoms with van der Waals surface area (Å²) in [5.74, 6) is 0. The molecule has 0 radical (unpaired) electrons. The van der Waals surface area contributed by atoms with E-state index in [2.05, 4.69) is 47.1 Å². The Hall–Kier alpha value is -1.91. The number of aromatic amines is 1. The molecule has 24 heavy (non-hydrogen) atoms. The highest BCUT2D eigenvalue weighted by atomic mass is 16.5. The maximum atomic E-state index is 11.6. The van der Waals surface area contributed by atoms with Gasteiger partial charge in [-0.1, -0.05) is 37.3 Å². The maximum Gasteiger partial charge on any atom is 0.248 e. The molecule has 0 bridgehead atoms. The van der Waals surface area contributed by atoms with Crippen LogP contribution in [0.4, 0.5) is 0 Å². The van der Waals surface area contributed by atoms with Crippen LogP contribution >= 0.6 is 0 Å². The maximum absolute atomic E-state index is 11.6. The van der Waals surface area contributed by atoms with Crippen LogP contribution < -0.4 is 5.56 Å². The number of benzene rings is 1. The second-order valence-corrected chi connectivity index (χ2v) is 6.43. The minimum Gasteiger partial charge on any atom is -0.377 e. The number of nitrogens with one attached hydrogen (secondary N) is 1. The molecule has 4 nitrogen and oxygen atoms in total. The summed E-state index contributed by atoms with van der Waals surface area (Å²) < 4.78 is 6.02. The van der Waals surface area contributed by atoms with Crippen molar-refractivity contribution in [2.45, 2.75) is 44.9 Å². The van der Waals surface area contributed by atoms with Crippen molar-refractivity contribution in [2.75, 3.05) is 13.2 Å². The van der Waals surface area contributed by atoms with E-state index in [1.165, 1.54) is 5.56 Å². The molecule has 1 N–H and O–H groups in total. The summed E-state index contributed by atoms with van der Waals surface area (Å²) >= 11 is 0. The van der Waals surface area contributed by atoms with Crippen LogP contribution in [0.5, 0.6) is 0 Å². The molecule has 3 rings (SSSR count). The molecule has 0 saturated carbocycles. The van der Waals surface area contributed by atoms with E-state index in [9.17, 15) is 4.79 Å². The molecule has 2 heterocycles. The number of likely N-dealkylation sites (N-methyl/N-ethyl adjacent to an activating group) is 1. The van der Waals surface area contributed by atoms with E-state index in [0.717, 1.165) is 44.5 Å². The molecule has 1 aromatic carbocycles. The molecule has 0 amide bonds. The van der Waals surface area contributed by atoms with Crippen LogP contribution in [0.2, 0.25) is 0 Å². The highest BCUT2D eigenvalue weighted by Crippen LogP contribution is 2.24. The lowest BCUT2D eigenvalue weighted by Crippen LogP contribution is -2.44. The molecule has 128 valence electrons. The summed E-state index contributed by atoms with van der Waals surface area (Å²) in [6.07, 6.45) is 5.22. The Morgan fingerprint density at radius 1 is 1.25 bits per heavy atom. The number of nitrogens with zero attached hydrogens (tertiary/aromatic N) is 1. The highest BCUT2D eigenvalue weighted by Gasteiger charge is 2.30. The van der Waals surface area contributed by atoms with Gasteiger partial charge in [-0.2, -0.15) is 0 Å². The van der Waals surface area contributed by atoms with Gasteiger partial charge in [-0.15, -0.1) is 0 Å². The third-order valence-electron chi connectivity index (χ3n) is 4.78. The number of ether oxygens (including phenoxy) is 1. The number of aromatic nitrogens is 1. The van der Waals surface area contributed by atoms with Gasteiger partial charge in [0.2, 0.25) is 5.56 Å². The average molecular weight is 326 g/mol. The second-order valence-electron chi connectivity index (χ2n) is 6.43. The molecule has 1 aliphatic heterocycles. The third-order valence-corrected chi connectivity index (χ3v) is 4.78. The predicted octanol–water partition coefficient (Wildman–Crippen LogP) is 2.99. The summed E-state index contributed by atoms with van der Waals surface area (Å²) in [5.41, 5.74) is 2.35. The van der Waals surface area contributed by atoms with Gasteiger partial charge in [0.1, 0.15) is 0 Å². The molecule has 0 aliphatic carbocycles. The first-order valence-electron chi connectivity index (χ1n) is 8.83. The van der Waals surface area contributed by atoms with Crippen molar-refractivity contribution in [3.63, 3.8) is 0 Å². The Labute approximate surface area is 143 Å². The van der Waals surface area contributed by atoms with Gasteiger partial charge in [-0.25, -0.2) is 0 Å². The molecular weight excluding hydrogens is 300 g/mol. The molecule has 1 fully saturated rings. The third kappa shape index (κ3) is 4.34. The van der Waals surface area contributed by atoms with Gasteiger partial charge in [-0.3, -0.25) is 9.69 Å². The van der Waals surface area contributed by atoms with Crippen LogP contribution in [0.3, 0.4) is 0 Å². The minimum atomic E-state index is -0.0414. The highest BCUT2D eigenvalue weighted by molar-refractivity contribution is 5.17. The fourth-order valence-electron chi connectivity index (χ4n) is 3.54. The monoisotopic (exact) mass is 326 g/mol. The van der Waals surface area contributed by atoms with Crippen molar-refractivity contribution in [1.29, 1.82) is 0 Å². The Balaban J connectivity index is 1.80. The van der Waals surface area contributed by atoms with Crippen molar-refractivity contribution in [2.24, 2.45) is 0 Å². The van der Waals surface area contributed by atoms with Crippen LogP contribution in [0, 0.1) is 0 Å². The van der Waals surface area contributed by atoms with Crippen molar-refractivity contribution in [1.82, 2.24) is 9.88 Å². The summed E-state index contributed by atoms with van der Waals surface area (Å²) in [5, 5.41) is 0. The minimum absolute atomic E-state index is 0.0414. The zero-order valence-corrected chi connectivity index (χ0v) is 14.3. The molecule has 2 aromatic rings. The first-order chi connectivity index (χ1) is 11.8. The van der Waals surface area contributed by atoms with Crippen molar-refractivity contribution >= 4 is 0 Å². The van der Waals surface area contributed by atoms with E-state index >= 15 is 0 Å². The van der Waals surface area contributed by atoms with Gasteiger partial charge in [0.25, 0.3) is 0 Å². The van der Waals surface area contributed by atoms with Gasteiger partial charge < -0.3 is 9.72 Å². The van der Waals surface area contributed by atoms with Gasteiger partial charge in [-0.05, 0) is 43.0 Å². The van der Waals surface area contributed by atoms with Gasteiger partial charge in [0.15, 0.2) is 0 Å². The molecular formula is C20H26N2O2. The molecule has 1 aliphatic rings. The lowest BCUT2D eigenvalue weighted by atomic mass is 9.97. The van der Waals surface area contributed by atoms with Crippen molar-refractivity contribution < 1.29 is 4.74 Å². The van der Waals surface area contributed by atoms with Crippen LogP contribution in [-0.2, 0) is 17.7 Å². The average Bonchev–Trinajstić information content (AvgIpc) is 3.13. The Bertz CT molecular complexity index is 677. The van der Waals surface area contributed by atoms with E-state index in [0.29, 0.717) is 6.04 Å². The zero-order valence-electron chi connectivity index (χ0n) is 14.3. The van der Waals surface area contributed by atoms with Crippen molar-refractivity contribution in [3.05, 3.63) is 70.1 Å². The molecule has 2 unspecified atom stereocenters. The van der Waals surface area contributed by atoms with Crippen LogP contribution in [0.25, 0.3) is 0 Å². The summed E-state index contributed by atoms with van der Waals surface area (Å²) in [4.78, 5) is 16.7. The van der Waals surface area contributed by atoms with Gasteiger partial charge in [0.05, 0.1) is 6.10 Å². The summed E-state index contributed by atoms with van der Waals surface area (Å²) in [7, 11) is 0. The van der Waals surface area contributed by atoms with Gasteiger partial charge in [0, 0.05) is 31.5 Å². The summed E-state index contributed by atoms with van der Waals surface area (Å²) in [6, 6.07) is 14.6. The van der Waals surface area contributed by atoms with E-state index in [1.54, 1.807) is 12.3 Å². The first-order valence-corrected chi connectivity index (χ1v) is 8.83. The Morgan fingerprint density at radius 2 is 2.08 bits per heavy atom. The van der Waals surface area contributed by atoms with E-state index in [1.807, 2.05) is 6.07 Å². The Morgan fingerprint density at radius 3 is 2.75 bits per heavy atom. The molecule has 1 aromatic heterocycles. The molecule has 0 spiro atoms. The SMILES string of the molecule is CCN(Cc1cc[nH]c(=O)c1)C(Cc1ccccc1)C1CCCO1. The molecule has 2 atom stereocenters. The first kappa shape index (κ1) is 16.9. The molecule has 4 heteroatoms. The predicted molar refractivity (Wildman–Crippen MR) is 96.1 cm³/mol. The normalized spacial score (nSPS) is 18.8. The fourth-order valence-corrected chi connectivity index (χ4v) is 3.54. The standard InChI is InChI=1S/C20H26N2O2/c1-2-22(15-17-10-11-21-20(23)14-17)18(19-9-6-12-24-19)13-16-7-4-3-5-8-16/h3-5,7-8,10-11,14,18-19H,2,6,9,12-13,15H2,1H3,(H,21,23). The van der Waals surface area contributed by atoms with Gasteiger partial charge >= 0.3 is 0 Å². The lowest BCUT2D eigenvalue weighted by Gasteiger charge is -2.34. The number of pyridine rings is 1. The number of rotatable bonds is 7. The fraction of sp³-hybridized carbons (Fsp3) is 0.450. The lowest BCUT2D eigenvalue weighted by molar-refractivity contribution is 0.0221. The van der Waals surface area contributed by atoms with Crippen LogP contribution in [0.1, 0.15) is 30.9 Å².